The second-order valence-electron chi connectivity index (χ2n) is 2.70. The lowest BCUT2D eigenvalue weighted by molar-refractivity contribution is 0.641. The van der Waals surface area contributed by atoms with Gasteiger partial charge in [0.2, 0.25) is 0 Å². The van der Waals surface area contributed by atoms with Crippen LogP contribution in [0.3, 0.4) is 0 Å². The molecule has 13 heavy (non-hydrogen) atoms. The van der Waals surface area contributed by atoms with Crippen molar-refractivity contribution in [1.82, 2.24) is 0 Å². The summed E-state index contributed by atoms with van der Waals surface area (Å²) in [4.78, 5) is 0. The summed E-state index contributed by atoms with van der Waals surface area (Å²) >= 11 is 1.37. The number of thiophene rings is 1. The lowest BCUT2D eigenvalue weighted by atomic mass is 10.1. The van der Waals surface area contributed by atoms with E-state index in [1.807, 2.05) is 11.4 Å². The first kappa shape index (κ1) is 8.21. The molecule has 0 aliphatic heterocycles. The summed E-state index contributed by atoms with van der Waals surface area (Å²) in [5.41, 5.74) is 0.903. The van der Waals surface area contributed by atoms with Gasteiger partial charge in [0.05, 0.1) is 17.2 Å². The molecule has 1 heterocycles. The summed E-state index contributed by atoms with van der Waals surface area (Å²) in [5, 5.41) is 11.3. The number of hydrogen-bond acceptors (Lipinski definition) is 2. The zero-order valence-corrected chi connectivity index (χ0v) is 7.57. The van der Waals surface area contributed by atoms with Crippen LogP contribution in [-0.4, -0.2) is 0 Å². The molecule has 0 unspecified atom stereocenters. The summed E-state index contributed by atoms with van der Waals surface area (Å²) in [7, 11) is 0. The Morgan fingerprint density at radius 1 is 1.38 bits per heavy atom. The van der Waals surface area contributed by atoms with Crippen LogP contribution in [-0.2, 0) is 6.42 Å². The Hall–Kier alpha value is -1.40. The van der Waals surface area contributed by atoms with E-state index in [4.69, 9.17) is 5.26 Å². The van der Waals surface area contributed by atoms with Crippen LogP contribution in [0.15, 0.2) is 23.6 Å². The van der Waals surface area contributed by atoms with Crippen LogP contribution in [0.5, 0.6) is 0 Å². The molecule has 0 atom stereocenters. The highest BCUT2D eigenvalue weighted by molar-refractivity contribution is 7.17. The molecule has 64 valence electrons. The summed E-state index contributed by atoms with van der Waals surface area (Å²) in [5.74, 6) is -0.202. The topological polar surface area (TPSA) is 23.8 Å². The smallest absolute Gasteiger partial charge is 0.141 e. The van der Waals surface area contributed by atoms with E-state index in [1.165, 1.54) is 17.4 Å². The van der Waals surface area contributed by atoms with Gasteiger partial charge in [-0.2, -0.15) is 5.26 Å². The maximum Gasteiger partial charge on any atom is 0.141 e. The fraction of sp³-hybridized carbons (Fsp3) is 0.100. The molecule has 0 N–H and O–H groups in total. The number of benzene rings is 1. The zero-order valence-electron chi connectivity index (χ0n) is 6.75. The SMILES string of the molecule is N#CCc1ccc(F)c2sccc12. The lowest BCUT2D eigenvalue weighted by Crippen LogP contribution is -1.83. The molecule has 2 aromatic rings. The maximum atomic E-state index is 13.2. The Morgan fingerprint density at radius 2 is 2.23 bits per heavy atom. The predicted molar refractivity (Wildman–Crippen MR) is 51.1 cm³/mol. The minimum atomic E-state index is -0.202. The minimum Gasteiger partial charge on any atom is -0.205 e. The number of halogens is 1. The molecule has 3 heteroatoms. The van der Waals surface area contributed by atoms with Crippen molar-refractivity contribution in [3.8, 4) is 6.07 Å². The van der Waals surface area contributed by atoms with E-state index in [2.05, 4.69) is 6.07 Å². The highest BCUT2D eigenvalue weighted by Crippen LogP contribution is 2.27. The summed E-state index contributed by atoms with van der Waals surface area (Å²) < 4.78 is 13.8. The van der Waals surface area contributed by atoms with Crippen molar-refractivity contribution in [2.75, 3.05) is 0 Å². The second-order valence-corrected chi connectivity index (χ2v) is 3.62. The fourth-order valence-corrected chi connectivity index (χ4v) is 2.17. The van der Waals surface area contributed by atoms with E-state index in [1.54, 1.807) is 6.07 Å². The molecule has 0 aliphatic carbocycles. The molecule has 0 spiro atoms. The van der Waals surface area contributed by atoms with E-state index in [0.29, 0.717) is 11.1 Å². The van der Waals surface area contributed by atoms with E-state index in [0.717, 1.165) is 10.9 Å². The van der Waals surface area contributed by atoms with Gasteiger partial charge in [0.25, 0.3) is 0 Å². The molecule has 0 fully saturated rings. The van der Waals surface area contributed by atoms with Crippen molar-refractivity contribution < 1.29 is 4.39 Å². The first-order valence-corrected chi connectivity index (χ1v) is 4.72. The van der Waals surface area contributed by atoms with Crippen LogP contribution in [0.25, 0.3) is 10.1 Å². The summed E-state index contributed by atoms with van der Waals surface area (Å²) in [6, 6.07) is 7.02. The van der Waals surface area contributed by atoms with E-state index < -0.39 is 0 Å². The Labute approximate surface area is 79.0 Å². The number of nitriles is 1. The fourth-order valence-electron chi connectivity index (χ4n) is 1.33. The predicted octanol–water partition coefficient (Wildman–Crippen LogP) is 3.11. The number of fused-ring (bicyclic) bond motifs is 1. The molecule has 0 saturated heterocycles. The average Bonchev–Trinajstić information content (AvgIpc) is 2.59. The Balaban J connectivity index is 2.72. The molecule has 0 aliphatic rings. The number of nitrogens with zero attached hydrogens (tertiary/aromatic N) is 1. The van der Waals surface area contributed by atoms with Gasteiger partial charge in [-0.25, -0.2) is 4.39 Å². The van der Waals surface area contributed by atoms with Gasteiger partial charge in [-0.1, -0.05) is 6.07 Å². The van der Waals surface area contributed by atoms with E-state index in [9.17, 15) is 4.39 Å². The van der Waals surface area contributed by atoms with Gasteiger partial charge in [-0.05, 0) is 28.5 Å². The lowest BCUT2D eigenvalue weighted by Gasteiger charge is -1.97. The Kier molecular flexibility index (Phi) is 1.99. The molecule has 1 nitrogen and oxygen atoms in total. The minimum absolute atomic E-state index is 0.202. The third-order valence-electron chi connectivity index (χ3n) is 1.93. The van der Waals surface area contributed by atoms with Crippen LogP contribution < -0.4 is 0 Å². The molecule has 2 rings (SSSR count). The Bertz CT molecular complexity index is 481. The molecule has 0 amide bonds. The summed E-state index contributed by atoms with van der Waals surface area (Å²) in [6.45, 7) is 0. The van der Waals surface area contributed by atoms with Crippen molar-refractivity contribution in [2.45, 2.75) is 6.42 Å². The quantitative estimate of drug-likeness (QED) is 0.679. The first-order chi connectivity index (χ1) is 6.33. The van der Waals surface area contributed by atoms with Crippen molar-refractivity contribution in [3.63, 3.8) is 0 Å². The van der Waals surface area contributed by atoms with Crippen molar-refractivity contribution in [3.05, 3.63) is 35.0 Å². The second kappa shape index (κ2) is 3.15. The molecular formula is C10H6FNS. The maximum absolute atomic E-state index is 13.2. The van der Waals surface area contributed by atoms with Gasteiger partial charge in [0, 0.05) is 0 Å². The van der Waals surface area contributed by atoms with Crippen LogP contribution in [0, 0.1) is 17.1 Å². The molecular weight excluding hydrogens is 185 g/mol. The van der Waals surface area contributed by atoms with Crippen LogP contribution in [0.1, 0.15) is 5.56 Å². The monoisotopic (exact) mass is 191 g/mol. The number of hydrogen-bond donors (Lipinski definition) is 0. The van der Waals surface area contributed by atoms with Crippen molar-refractivity contribution >= 4 is 21.4 Å². The Morgan fingerprint density at radius 3 is 3.00 bits per heavy atom. The third-order valence-corrected chi connectivity index (χ3v) is 2.85. The van der Waals surface area contributed by atoms with Gasteiger partial charge < -0.3 is 0 Å². The van der Waals surface area contributed by atoms with Gasteiger partial charge in [0.15, 0.2) is 0 Å². The van der Waals surface area contributed by atoms with Crippen molar-refractivity contribution in [2.24, 2.45) is 0 Å². The van der Waals surface area contributed by atoms with Gasteiger partial charge in [-0.3, -0.25) is 0 Å². The van der Waals surface area contributed by atoms with E-state index in [-0.39, 0.29) is 5.82 Å². The molecule has 0 saturated carbocycles. The summed E-state index contributed by atoms with van der Waals surface area (Å²) in [6.07, 6.45) is 0.341. The third kappa shape index (κ3) is 1.30. The standard InChI is InChI=1S/C10H6FNS/c11-9-2-1-7(3-5-12)8-4-6-13-10(8)9/h1-2,4,6H,3H2. The van der Waals surface area contributed by atoms with Crippen LogP contribution in [0.4, 0.5) is 4.39 Å². The molecule has 1 aromatic carbocycles. The van der Waals surface area contributed by atoms with Gasteiger partial charge in [0.1, 0.15) is 5.82 Å². The zero-order chi connectivity index (χ0) is 9.26. The van der Waals surface area contributed by atoms with E-state index >= 15 is 0 Å². The largest absolute Gasteiger partial charge is 0.205 e. The number of rotatable bonds is 1. The molecule has 0 radical (unpaired) electrons. The highest BCUT2D eigenvalue weighted by Gasteiger charge is 2.05. The molecule has 1 aromatic heterocycles. The molecule has 0 bridgehead atoms. The van der Waals surface area contributed by atoms with Crippen LogP contribution in [0.2, 0.25) is 0 Å². The van der Waals surface area contributed by atoms with Gasteiger partial charge >= 0.3 is 0 Å². The van der Waals surface area contributed by atoms with Gasteiger partial charge in [-0.15, -0.1) is 11.3 Å². The highest BCUT2D eigenvalue weighted by atomic mass is 32.1. The average molecular weight is 191 g/mol. The normalized spacial score (nSPS) is 10.2. The van der Waals surface area contributed by atoms with Crippen LogP contribution >= 0.6 is 11.3 Å². The van der Waals surface area contributed by atoms with Crippen molar-refractivity contribution in [1.29, 1.82) is 5.26 Å². The first-order valence-electron chi connectivity index (χ1n) is 3.84.